The molecule has 0 aliphatic heterocycles. The van der Waals surface area contributed by atoms with Gasteiger partial charge in [-0.25, -0.2) is 4.39 Å². The Morgan fingerprint density at radius 1 is 0.929 bits per heavy atom. The highest BCUT2D eigenvalue weighted by atomic mass is 19.1. The summed E-state index contributed by atoms with van der Waals surface area (Å²) in [5.74, 6) is -0.869. The first-order valence-corrected chi connectivity index (χ1v) is 9.36. The molecule has 0 heterocycles. The second kappa shape index (κ2) is 9.99. The van der Waals surface area contributed by atoms with Crippen molar-refractivity contribution in [2.24, 2.45) is 5.92 Å². The molecule has 2 aromatic carbocycles. The fraction of sp³-hybridized carbons (Fsp3) is 0.364. The maximum Gasteiger partial charge on any atom is 0.247 e. The number of hydrogen-bond donors (Lipinski definition) is 3. The van der Waals surface area contributed by atoms with Crippen molar-refractivity contribution in [3.63, 3.8) is 0 Å². The summed E-state index contributed by atoms with van der Waals surface area (Å²) in [6, 6.07) is 12.9. The molecule has 0 saturated carbocycles. The Morgan fingerprint density at radius 3 is 2.11 bits per heavy atom. The fourth-order valence-corrected chi connectivity index (χ4v) is 2.87. The van der Waals surface area contributed by atoms with Gasteiger partial charge in [-0.15, -0.1) is 0 Å². The Morgan fingerprint density at radius 2 is 1.54 bits per heavy atom. The first-order chi connectivity index (χ1) is 13.3. The SMILES string of the molecule is CC(C)CC(=O)NC(C(=O)NC(C)C(O)c1ccc(F)cc1)c1ccccc1. The summed E-state index contributed by atoms with van der Waals surface area (Å²) in [5.41, 5.74) is 1.15. The third-order valence-corrected chi connectivity index (χ3v) is 4.35. The maximum atomic E-state index is 13.1. The summed E-state index contributed by atoms with van der Waals surface area (Å²) in [6.07, 6.45) is -0.697. The lowest BCUT2D eigenvalue weighted by atomic mass is 10.0. The van der Waals surface area contributed by atoms with E-state index in [1.165, 1.54) is 24.3 Å². The number of halogens is 1. The van der Waals surface area contributed by atoms with Crippen molar-refractivity contribution < 1.29 is 19.1 Å². The van der Waals surface area contributed by atoms with Crippen LogP contribution in [-0.2, 0) is 9.59 Å². The van der Waals surface area contributed by atoms with Crippen LogP contribution in [0.5, 0.6) is 0 Å². The van der Waals surface area contributed by atoms with Gasteiger partial charge in [0.1, 0.15) is 11.9 Å². The van der Waals surface area contributed by atoms with Crippen molar-refractivity contribution in [1.29, 1.82) is 0 Å². The van der Waals surface area contributed by atoms with Crippen molar-refractivity contribution >= 4 is 11.8 Å². The third-order valence-electron chi connectivity index (χ3n) is 4.35. The molecule has 28 heavy (non-hydrogen) atoms. The number of hydrogen-bond acceptors (Lipinski definition) is 3. The molecular weight excluding hydrogens is 359 g/mol. The van der Waals surface area contributed by atoms with Crippen LogP contribution in [-0.4, -0.2) is 23.0 Å². The predicted octanol–water partition coefficient (Wildman–Crippen LogP) is 3.27. The maximum absolute atomic E-state index is 13.1. The minimum Gasteiger partial charge on any atom is -0.386 e. The molecule has 0 bridgehead atoms. The van der Waals surface area contributed by atoms with Crippen molar-refractivity contribution in [1.82, 2.24) is 10.6 Å². The van der Waals surface area contributed by atoms with Crippen LogP contribution >= 0.6 is 0 Å². The lowest BCUT2D eigenvalue weighted by Gasteiger charge is -2.25. The van der Waals surface area contributed by atoms with E-state index >= 15 is 0 Å². The van der Waals surface area contributed by atoms with Gasteiger partial charge in [0.25, 0.3) is 0 Å². The summed E-state index contributed by atoms with van der Waals surface area (Å²) >= 11 is 0. The molecule has 3 N–H and O–H groups in total. The lowest BCUT2D eigenvalue weighted by molar-refractivity contribution is -0.130. The molecule has 0 aliphatic rings. The number of amides is 2. The van der Waals surface area contributed by atoms with Crippen molar-refractivity contribution in [2.75, 3.05) is 0 Å². The Kier molecular flexibility index (Phi) is 7.70. The second-order valence-corrected chi connectivity index (χ2v) is 7.30. The molecule has 0 aromatic heterocycles. The molecule has 0 saturated heterocycles. The Hall–Kier alpha value is -2.73. The summed E-state index contributed by atoms with van der Waals surface area (Å²) in [7, 11) is 0. The van der Waals surface area contributed by atoms with Crippen LogP contribution in [0.4, 0.5) is 4.39 Å². The molecule has 2 rings (SSSR count). The molecule has 0 radical (unpaired) electrons. The number of benzene rings is 2. The van der Waals surface area contributed by atoms with Crippen LogP contribution in [0.3, 0.4) is 0 Å². The summed E-state index contributed by atoms with van der Waals surface area (Å²) in [4.78, 5) is 25.1. The van der Waals surface area contributed by atoms with Crippen LogP contribution in [0, 0.1) is 11.7 Å². The first-order valence-electron chi connectivity index (χ1n) is 9.36. The van der Waals surface area contributed by atoms with Gasteiger partial charge in [-0.2, -0.15) is 0 Å². The molecule has 2 aromatic rings. The smallest absolute Gasteiger partial charge is 0.247 e. The topological polar surface area (TPSA) is 78.4 Å². The van der Waals surface area contributed by atoms with E-state index in [1.54, 1.807) is 31.2 Å². The molecule has 3 unspecified atom stereocenters. The highest BCUT2D eigenvalue weighted by Crippen LogP contribution is 2.19. The van der Waals surface area contributed by atoms with Crippen molar-refractivity contribution in [2.45, 2.75) is 45.4 Å². The standard InChI is InChI=1S/C22H27FN2O3/c1-14(2)13-19(26)25-20(16-7-5-4-6-8-16)22(28)24-15(3)21(27)17-9-11-18(23)12-10-17/h4-12,14-15,20-21,27H,13H2,1-3H3,(H,24,28)(H,25,26). The van der Waals surface area contributed by atoms with E-state index in [0.29, 0.717) is 17.5 Å². The Balaban J connectivity index is 2.12. The number of carbonyl (C=O) groups is 2. The summed E-state index contributed by atoms with van der Waals surface area (Å²) < 4.78 is 13.1. The molecule has 0 spiro atoms. The zero-order valence-electron chi connectivity index (χ0n) is 16.4. The number of nitrogens with one attached hydrogen (secondary N) is 2. The quantitative estimate of drug-likeness (QED) is 0.652. The zero-order chi connectivity index (χ0) is 20.7. The molecule has 3 atom stereocenters. The van der Waals surface area contributed by atoms with Gasteiger partial charge >= 0.3 is 0 Å². The van der Waals surface area contributed by atoms with Gasteiger partial charge in [0.15, 0.2) is 0 Å². The van der Waals surface area contributed by atoms with Gasteiger partial charge in [-0.05, 0) is 36.1 Å². The molecule has 6 heteroatoms. The molecule has 0 fully saturated rings. The second-order valence-electron chi connectivity index (χ2n) is 7.30. The third kappa shape index (κ3) is 6.16. The average molecular weight is 386 g/mol. The van der Waals surface area contributed by atoms with E-state index in [9.17, 15) is 19.1 Å². The van der Waals surface area contributed by atoms with Crippen LogP contribution in [0.15, 0.2) is 54.6 Å². The van der Waals surface area contributed by atoms with Gasteiger partial charge < -0.3 is 15.7 Å². The molecular formula is C22H27FN2O3. The largest absolute Gasteiger partial charge is 0.386 e. The highest BCUT2D eigenvalue weighted by Gasteiger charge is 2.26. The van der Waals surface area contributed by atoms with E-state index in [0.717, 1.165) is 0 Å². The number of rotatable bonds is 8. The summed E-state index contributed by atoms with van der Waals surface area (Å²) in [5, 5.41) is 16.0. The molecule has 2 amide bonds. The van der Waals surface area contributed by atoms with Crippen molar-refractivity contribution in [3.05, 3.63) is 71.5 Å². The summed E-state index contributed by atoms with van der Waals surface area (Å²) in [6.45, 7) is 5.51. The normalized spacial score (nSPS) is 14.2. The molecule has 0 aliphatic carbocycles. The van der Waals surface area contributed by atoms with Crippen molar-refractivity contribution in [3.8, 4) is 0 Å². The minimum atomic E-state index is -1.01. The predicted molar refractivity (Wildman–Crippen MR) is 106 cm³/mol. The monoisotopic (exact) mass is 386 g/mol. The van der Waals surface area contributed by atoms with E-state index in [1.807, 2.05) is 19.9 Å². The molecule has 150 valence electrons. The van der Waals surface area contributed by atoms with E-state index in [4.69, 9.17) is 0 Å². The van der Waals surface area contributed by atoms with Crippen LogP contribution in [0.2, 0.25) is 0 Å². The van der Waals surface area contributed by atoms with Gasteiger partial charge in [0.05, 0.1) is 12.1 Å². The first kappa shape index (κ1) is 21.6. The van der Waals surface area contributed by atoms with E-state index in [-0.39, 0.29) is 11.8 Å². The zero-order valence-corrected chi connectivity index (χ0v) is 16.4. The van der Waals surface area contributed by atoms with Gasteiger partial charge in [0, 0.05) is 6.42 Å². The molecule has 5 nitrogen and oxygen atoms in total. The Labute approximate surface area is 165 Å². The van der Waals surface area contributed by atoms with E-state index in [2.05, 4.69) is 10.6 Å². The van der Waals surface area contributed by atoms with Gasteiger partial charge in [0.2, 0.25) is 11.8 Å². The van der Waals surface area contributed by atoms with Crippen LogP contribution < -0.4 is 10.6 Å². The fourth-order valence-electron chi connectivity index (χ4n) is 2.87. The van der Waals surface area contributed by atoms with E-state index < -0.39 is 29.9 Å². The number of carbonyl (C=O) groups excluding carboxylic acids is 2. The minimum absolute atomic E-state index is 0.165. The van der Waals surface area contributed by atoms with Crippen LogP contribution in [0.1, 0.15) is 50.5 Å². The van der Waals surface area contributed by atoms with Gasteiger partial charge in [-0.1, -0.05) is 56.3 Å². The van der Waals surface area contributed by atoms with Crippen LogP contribution in [0.25, 0.3) is 0 Å². The number of aliphatic hydroxyl groups is 1. The highest BCUT2D eigenvalue weighted by molar-refractivity contribution is 5.88. The number of aliphatic hydroxyl groups excluding tert-OH is 1. The Bertz CT molecular complexity index is 778. The van der Waals surface area contributed by atoms with Gasteiger partial charge in [-0.3, -0.25) is 9.59 Å². The lowest BCUT2D eigenvalue weighted by Crippen LogP contribution is -2.45. The average Bonchev–Trinajstić information content (AvgIpc) is 2.66.